The van der Waals surface area contributed by atoms with Crippen LogP contribution in [0.1, 0.15) is 47.5 Å². The number of aryl methyl sites for hydroxylation is 1. The van der Waals surface area contributed by atoms with E-state index in [1.807, 2.05) is 34.6 Å². The summed E-state index contributed by atoms with van der Waals surface area (Å²) in [5.74, 6) is 0.333. The lowest BCUT2D eigenvalue weighted by Crippen LogP contribution is -2.42. The molecular weight excluding hydrogens is 288 g/mol. The minimum Gasteiger partial charge on any atom is -0.381 e. The van der Waals surface area contributed by atoms with Crippen LogP contribution in [0.5, 0.6) is 0 Å². The number of aromatic nitrogens is 2. The van der Waals surface area contributed by atoms with E-state index in [2.05, 4.69) is 5.10 Å². The molecule has 0 saturated heterocycles. The van der Waals surface area contributed by atoms with Gasteiger partial charge in [-0.1, -0.05) is 27.7 Å². The monoisotopic (exact) mass is 316 g/mol. The molecule has 6 nitrogen and oxygen atoms in total. The number of anilines is 1. The Morgan fingerprint density at radius 2 is 1.86 bits per heavy atom. The Balaban J connectivity index is 3.28. The lowest BCUT2D eigenvalue weighted by atomic mass is 10.1. The molecule has 1 aromatic heterocycles. The first-order valence-corrected chi connectivity index (χ1v) is 9.06. The summed E-state index contributed by atoms with van der Waals surface area (Å²) >= 11 is 0. The fraction of sp³-hybridized carbons (Fsp3) is 0.786. The molecule has 1 heterocycles. The molecule has 1 rings (SSSR count). The largest absolute Gasteiger partial charge is 0.381 e. The third-order valence-corrected chi connectivity index (χ3v) is 5.50. The summed E-state index contributed by atoms with van der Waals surface area (Å²) in [4.78, 5) is 0.122. The summed E-state index contributed by atoms with van der Waals surface area (Å²) in [7, 11) is -3.61. The zero-order valence-corrected chi connectivity index (χ0v) is 14.5. The van der Waals surface area contributed by atoms with Gasteiger partial charge >= 0.3 is 0 Å². The summed E-state index contributed by atoms with van der Waals surface area (Å²) in [5, 5.41) is 4.06. The molecule has 0 aromatic carbocycles. The quantitative estimate of drug-likeness (QED) is 0.798. The van der Waals surface area contributed by atoms with E-state index in [0.717, 1.165) is 12.8 Å². The Bertz CT molecular complexity index is 547. The molecule has 0 aliphatic heterocycles. The molecule has 0 saturated carbocycles. The number of nitrogens with two attached hydrogens (primary N) is 1. The van der Waals surface area contributed by atoms with Gasteiger partial charge in [-0.05, 0) is 25.7 Å². The van der Waals surface area contributed by atoms with Gasteiger partial charge in [0.05, 0.1) is 0 Å². The molecule has 0 bridgehead atoms. The molecule has 0 fully saturated rings. The molecule has 0 unspecified atom stereocenters. The predicted octanol–water partition coefficient (Wildman–Crippen LogP) is 2.32. The van der Waals surface area contributed by atoms with Gasteiger partial charge in [-0.3, -0.25) is 4.68 Å². The highest BCUT2D eigenvalue weighted by molar-refractivity contribution is 7.89. The van der Waals surface area contributed by atoms with Crippen LogP contribution in [0.2, 0.25) is 0 Å². The van der Waals surface area contributed by atoms with Crippen molar-refractivity contribution in [2.45, 2.75) is 64.9 Å². The molecular formula is C14H28N4O2S. The highest BCUT2D eigenvalue weighted by Gasteiger charge is 2.33. The van der Waals surface area contributed by atoms with E-state index < -0.39 is 10.0 Å². The second-order valence-corrected chi connectivity index (χ2v) is 7.53. The minimum atomic E-state index is -3.61. The molecule has 0 aliphatic rings. The standard InChI is InChI=1S/C14H28N4O2S/c1-6-12(7-2)18(9-11(4)5)21(19,20)13-10-17(8-3)16-14(13)15/h10-12H,6-9H2,1-5H3,(H2,15,16). The van der Waals surface area contributed by atoms with Crippen LogP contribution in [-0.2, 0) is 16.6 Å². The van der Waals surface area contributed by atoms with Gasteiger partial charge in [-0.2, -0.15) is 9.40 Å². The van der Waals surface area contributed by atoms with Crippen molar-refractivity contribution in [3.8, 4) is 0 Å². The summed E-state index contributed by atoms with van der Waals surface area (Å²) < 4.78 is 29.1. The van der Waals surface area contributed by atoms with Crippen molar-refractivity contribution in [3.05, 3.63) is 6.20 Å². The Hall–Kier alpha value is -1.08. The topological polar surface area (TPSA) is 81.2 Å². The third-order valence-electron chi connectivity index (χ3n) is 3.56. The average Bonchev–Trinajstić information content (AvgIpc) is 2.80. The van der Waals surface area contributed by atoms with E-state index in [-0.39, 0.29) is 22.7 Å². The van der Waals surface area contributed by atoms with E-state index >= 15 is 0 Å². The van der Waals surface area contributed by atoms with E-state index in [1.165, 1.54) is 6.20 Å². The van der Waals surface area contributed by atoms with Crippen LogP contribution < -0.4 is 5.73 Å². The number of nitrogens with zero attached hydrogens (tertiary/aromatic N) is 3. The molecule has 1 aromatic rings. The van der Waals surface area contributed by atoms with E-state index in [0.29, 0.717) is 13.1 Å². The van der Waals surface area contributed by atoms with E-state index in [4.69, 9.17) is 5.73 Å². The van der Waals surface area contributed by atoms with Crippen LogP contribution in [0.4, 0.5) is 5.82 Å². The summed E-state index contributed by atoms with van der Waals surface area (Å²) in [6, 6.07) is -0.0122. The summed E-state index contributed by atoms with van der Waals surface area (Å²) in [6.45, 7) is 11.0. The van der Waals surface area contributed by atoms with Crippen molar-refractivity contribution in [1.29, 1.82) is 0 Å². The molecule has 122 valence electrons. The number of sulfonamides is 1. The summed E-state index contributed by atoms with van der Waals surface area (Å²) in [6.07, 6.45) is 3.09. The molecule has 0 radical (unpaired) electrons. The van der Waals surface area contributed by atoms with Crippen LogP contribution in [0, 0.1) is 5.92 Å². The van der Waals surface area contributed by atoms with Gasteiger partial charge in [0, 0.05) is 25.3 Å². The maximum Gasteiger partial charge on any atom is 0.248 e. The third kappa shape index (κ3) is 3.97. The average molecular weight is 316 g/mol. The molecule has 0 spiro atoms. The van der Waals surface area contributed by atoms with Gasteiger partial charge in [0.2, 0.25) is 10.0 Å². The van der Waals surface area contributed by atoms with E-state index in [1.54, 1.807) is 8.99 Å². The number of rotatable bonds is 8. The maximum absolute atomic E-state index is 13.0. The number of nitrogen functional groups attached to an aromatic ring is 1. The van der Waals surface area contributed by atoms with Gasteiger partial charge in [0.15, 0.2) is 5.82 Å². The van der Waals surface area contributed by atoms with Crippen molar-refractivity contribution in [1.82, 2.24) is 14.1 Å². The highest BCUT2D eigenvalue weighted by atomic mass is 32.2. The zero-order chi connectivity index (χ0) is 16.2. The van der Waals surface area contributed by atoms with Crippen LogP contribution in [-0.4, -0.2) is 35.1 Å². The highest BCUT2D eigenvalue weighted by Crippen LogP contribution is 2.26. The SMILES string of the molecule is CCC(CC)N(CC(C)C)S(=O)(=O)c1cn(CC)nc1N. The first-order valence-electron chi connectivity index (χ1n) is 7.62. The van der Waals surface area contributed by atoms with Crippen LogP contribution in [0.3, 0.4) is 0 Å². The fourth-order valence-corrected chi connectivity index (χ4v) is 4.40. The normalized spacial score (nSPS) is 12.8. The van der Waals surface area contributed by atoms with Gasteiger partial charge in [0.1, 0.15) is 4.90 Å². The molecule has 2 N–H and O–H groups in total. The number of hydrogen-bond acceptors (Lipinski definition) is 4. The maximum atomic E-state index is 13.0. The van der Waals surface area contributed by atoms with Crippen LogP contribution in [0.15, 0.2) is 11.1 Å². The van der Waals surface area contributed by atoms with Crippen molar-refractivity contribution in [2.24, 2.45) is 5.92 Å². The second kappa shape index (κ2) is 7.26. The Kier molecular flexibility index (Phi) is 6.22. The molecule has 0 atom stereocenters. The van der Waals surface area contributed by atoms with Crippen molar-refractivity contribution >= 4 is 15.8 Å². The molecule has 0 amide bonds. The smallest absolute Gasteiger partial charge is 0.248 e. The minimum absolute atomic E-state index is 0.0122. The second-order valence-electron chi connectivity index (χ2n) is 5.67. The molecule has 7 heteroatoms. The molecule has 0 aliphatic carbocycles. The lowest BCUT2D eigenvalue weighted by Gasteiger charge is -2.30. The zero-order valence-electron chi connectivity index (χ0n) is 13.7. The first kappa shape index (κ1) is 18.0. The summed E-state index contributed by atoms with van der Waals surface area (Å²) in [5.41, 5.74) is 5.82. The Labute approximate surface area is 128 Å². The first-order chi connectivity index (χ1) is 9.77. The molecule has 21 heavy (non-hydrogen) atoms. The van der Waals surface area contributed by atoms with Gasteiger partial charge in [-0.15, -0.1) is 0 Å². The van der Waals surface area contributed by atoms with Crippen LogP contribution >= 0.6 is 0 Å². The predicted molar refractivity (Wildman–Crippen MR) is 85.4 cm³/mol. The van der Waals surface area contributed by atoms with Crippen molar-refractivity contribution in [3.63, 3.8) is 0 Å². The van der Waals surface area contributed by atoms with Gasteiger partial charge < -0.3 is 5.73 Å². The van der Waals surface area contributed by atoms with Gasteiger partial charge in [-0.25, -0.2) is 8.42 Å². The number of hydrogen-bond donors (Lipinski definition) is 1. The lowest BCUT2D eigenvalue weighted by molar-refractivity contribution is 0.277. The van der Waals surface area contributed by atoms with Gasteiger partial charge in [0.25, 0.3) is 0 Å². The van der Waals surface area contributed by atoms with Crippen molar-refractivity contribution < 1.29 is 8.42 Å². The van der Waals surface area contributed by atoms with Crippen LogP contribution in [0.25, 0.3) is 0 Å². The van der Waals surface area contributed by atoms with E-state index in [9.17, 15) is 8.42 Å². The Morgan fingerprint density at radius 3 is 2.24 bits per heavy atom. The Morgan fingerprint density at radius 1 is 1.29 bits per heavy atom. The fourth-order valence-electron chi connectivity index (χ4n) is 2.40. The van der Waals surface area contributed by atoms with Crippen molar-refractivity contribution in [2.75, 3.05) is 12.3 Å².